The largest absolute Gasteiger partial charge is 0.388 e. The van der Waals surface area contributed by atoms with Gasteiger partial charge in [-0.05, 0) is 31.4 Å². The summed E-state index contributed by atoms with van der Waals surface area (Å²) < 4.78 is 27.5. The third-order valence-corrected chi connectivity index (χ3v) is 3.93. The van der Waals surface area contributed by atoms with E-state index in [1.807, 2.05) is 18.7 Å². The number of nitriles is 1. The molecule has 0 saturated carbocycles. The molecule has 1 N–H and O–H groups in total. The highest BCUT2D eigenvalue weighted by Crippen LogP contribution is 2.37. The summed E-state index contributed by atoms with van der Waals surface area (Å²) in [6.07, 6.45) is 0.541. The third-order valence-electron chi connectivity index (χ3n) is 3.93. The smallest absolute Gasteiger partial charge is 0.146 e. The normalized spacial score (nSPS) is 26.1. The van der Waals surface area contributed by atoms with E-state index in [-0.39, 0.29) is 12.0 Å². The molecule has 0 aromatic heterocycles. The summed E-state index contributed by atoms with van der Waals surface area (Å²) in [7, 11) is 0. The van der Waals surface area contributed by atoms with Gasteiger partial charge in [0, 0.05) is 12.2 Å². The van der Waals surface area contributed by atoms with E-state index in [0.29, 0.717) is 18.7 Å². The molecule has 20 heavy (non-hydrogen) atoms. The number of rotatable bonds is 2. The van der Waals surface area contributed by atoms with Gasteiger partial charge >= 0.3 is 0 Å². The van der Waals surface area contributed by atoms with Crippen LogP contribution in [0.3, 0.4) is 0 Å². The topological polar surface area (TPSA) is 47.3 Å². The van der Waals surface area contributed by atoms with Gasteiger partial charge < -0.3 is 10.0 Å². The summed E-state index contributed by atoms with van der Waals surface area (Å²) in [6.45, 7) is 6.20. The Balaban J connectivity index is 2.45. The van der Waals surface area contributed by atoms with Crippen molar-refractivity contribution in [1.29, 1.82) is 5.26 Å². The van der Waals surface area contributed by atoms with E-state index in [1.165, 1.54) is 18.2 Å². The molecule has 1 aromatic rings. The van der Waals surface area contributed by atoms with Crippen molar-refractivity contribution < 1.29 is 13.9 Å². The molecule has 1 saturated heterocycles. The van der Waals surface area contributed by atoms with Gasteiger partial charge in [-0.15, -0.1) is 0 Å². The van der Waals surface area contributed by atoms with Crippen molar-refractivity contribution in [2.75, 3.05) is 11.4 Å². The van der Waals surface area contributed by atoms with Crippen LogP contribution in [0.2, 0.25) is 0 Å². The first-order chi connectivity index (χ1) is 9.27. The lowest BCUT2D eigenvalue weighted by atomic mass is 9.88. The minimum Gasteiger partial charge on any atom is -0.388 e. The van der Waals surface area contributed by atoms with Gasteiger partial charge in [-0.3, -0.25) is 0 Å². The Morgan fingerprint density at radius 1 is 1.40 bits per heavy atom. The molecule has 0 spiro atoms. The SMILES string of the molecule is CC(C)C1N(c2cc(F)c(C#N)c(F)c2)CCC1(C)O. The third kappa shape index (κ3) is 2.36. The maximum Gasteiger partial charge on any atom is 0.146 e. The first kappa shape index (κ1) is 14.7. The second-order valence-electron chi connectivity index (χ2n) is 5.89. The van der Waals surface area contributed by atoms with Crippen molar-refractivity contribution in [3.05, 3.63) is 29.3 Å². The summed E-state index contributed by atoms with van der Waals surface area (Å²) in [6, 6.07) is 3.63. The van der Waals surface area contributed by atoms with Crippen LogP contribution in [0.25, 0.3) is 0 Å². The Kier molecular flexibility index (Phi) is 3.70. The van der Waals surface area contributed by atoms with Crippen LogP contribution < -0.4 is 4.90 Å². The molecule has 1 aromatic carbocycles. The van der Waals surface area contributed by atoms with Gasteiger partial charge in [-0.2, -0.15) is 5.26 Å². The molecular formula is C15H18F2N2O. The molecule has 2 atom stereocenters. The fourth-order valence-corrected chi connectivity index (χ4v) is 3.17. The molecule has 0 bridgehead atoms. The molecule has 108 valence electrons. The van der Waals surface area contributed by atoms with Crippen LogP contribution in [-0.4, -0.2) is 23.3 Å². The Morgan fingerprint density at radius 3 is 2.40 bits per heavy atom. The van der Waals surface area contributed by atoms with Crippen LogP contribution in [0.5, 0.6) is 0 Å². The number of hydrogen-bond donors (Lipinski definition) is 1. The lowest BCUT2D eigenvalue weighted by Gasteiger charge is -2.36. The first-order valence-electron chi connectivity index (χ1n) is 6.66. The van der Waals surface area contributed by atoms with E-state index in [4.69, 9.17) is 5.26 Å². The number of halogens is 2. The molecular weight excluding hydrogens is 262 g/mol. The lowest BCUT2D eigenvalue weighted by molar-refractivity contribution is 0.0371. The van der Waals surface area contributed by atoms with Crippen molar-refractivity contribution in [3.8, 4) is 6.07 Å². The molecule has 5 heteroatoms. The molecule has 1 heterocycles. The van der Waals surface area contributed by atoms with E-state index in [2.05, 4.69) is 0 Å². The zero-order valence-electron chi connectivity index (χ0n) is 11.8. The standard InChI is InChI=1S/C15H18F2N2O/c1-9(2)14-15(3,20)4-5-19(14)10-6-12(16)11(8-18)13(17)7-10/h6-7,9,14,20H,4-5H2,1-3H3. The minimum atomic E-state index is -0.894. The predicted octanol–water partition coefficient (Wildman–Crippen LogP) is 2.82. The van der Waals surface area contributed by atoms with Crippen molar-refractivity contribution >= 4 is 5.69 Å². The fourth-order valence-electron chi connectivity index (χ4n) is 3.17. The van der Waals surface area contributed by atoms with Crippen molar-refractivity contribution in [3.63, 3.8) is 0 Å². The van der Waals surface area contributed by atoms with E-state index in [9.17, 15) is 13.9 Å². The number of benzene rings is 1. The zero-order valence-corrected chi connectivity index (χ0v) is 11.8. The van der Waals surface area contributed by atoms with Crippen LogP contribution in [-0.2, 0) is 0 Å². The quantitative estimate of drug-likeness (QED) is 0.906. The van der Waals surface area contributed by atoms with Gasteiger partial charge in [0.05, 0.1) is 11.6 Å². The van der Waals surface area contributed by atoms with Crippen LogP contribution in [0.15, 0.2) is 12.1 Å². The van der Waals surface area contributed by atoms with E-state index in [1.54, 1.807) is 6.92 Å². The summed E-state index contributed by atoms with van der Waals surface area (Å²) in [5, 5.41) is 19.1. The van der Waals surface area contributed by atoms with Crippen molar-refractivity contribution in [2.24, 2.45) is 5.92 Å². The Morgan fingerprint density at radius 2 is 1.95 bits per heavy atom. The molecule has 3 nitrogen and oxygen atoms in total. The Labute approximate surface area is 117 Å². The molecule has 0 amide bonds. The average Bonchev–Trinajstić information content (AvgIpc) is 2.64. The van der Waals surface area contributed by atoms with Crippen LogP contribution in [0, 0.1) is 28.9 Å². The molecule has 0 radical (unpaired) electrons. The van der Waals surface area contributed by atoms with Gasteiger partial charge in [-0.1, -0.05) is 13.8 Å². The number of hydrogen-bond acceptors (Lipinski definition) is 3. The Hall–Kier alpha value is -1.67. The Bertz CT molecular complexity index is 540. The second kappa shape index (κ2) is 5.02. The second-order valence-corrected chi connectivity index (χ2v) is 5.89. The minimum absolute atomic E-state index is 0.134. The molecule has 0 aliphatic carbocycles. The van der Waals surface area contributed by atoms with Gasteiger partial charge in [0.15, 0.2) is 0 Å². The van der Waals surface area contributed by atoms with Crippen molar-refractivity contribution in [2.45, 2.75) is 38.8 Å². The van der Waals surface area contributed by atoms with Crippen LogP contribution >= 0.6 is 0 Å². The fraction of sp³-hybridized carbons (Fsp3) is 0.533. The highest BCUT2D eigenvalue weighted by Gasteiger charge is 2.44. The maximum absolute atomic E-state index is 13.7. The molecule has 1 aliphatic rings. The molecule has 2 rings (SSSR count). The van der Waals surface area contributed by atoms with Crippen LogP contribution in [0.4, 0.5) is 14.5 Å². The number of aliphatic hydroxyl groups is 1. The van der Waals surface area contributed by atoms with Crippen molar-refractivity contribution in [1.82, 2.24) is 0 Å². The lowest BCUT2D eigenvalue weighted by Crippen LogP contribution is -2.46. The zero-order chi connectivity index (χ0) is 15.1. The van der Waals surface area contributed by atoms with E-state index in [0.717, 1.165) is 0 Å². The summed E-state index contributed by atoms with van der Waals surface area (Å²) >= 11 is 0. The van der Waals surface area contributed by atoms with E-state index < -0.39 is 22.8 Å². The van der Waals surface area contributed by atoms with Gasteiger partial charge in [-0.25, -0.2) is 8.78 Å². The predicted molar refractivity (Wildman–Crippen MR) is 72.3 cm³/mol. The molecule has 2 unspecified atom stereocenters. The van der Waals surface area contributed by atoms with Crippen LogP contribution in [0.1, 0.15) is 32.8 Å². The molecule has 1 fully saturated rings. The first-order valence-corrected chi connectivity index (χ1v) is 6.66. The highest BCUT2D eigenvalue weighted by molar-refractivity contribution is 5.53. The molecule has 1 aliphatic heterocycles. The summed E-state index contributed by atoms with van der Waals surface area (Å²) in [5.41, 5.74) is -1.09. The monoisotopic (exact) mass is 280 g/mol. The summed E-state index contributed by atoms with van der Waals surface area (Å²) in [4.78, 5) is 1.82. The highest BCUT2D eigenvalue weighted by atomic mass is 19.1. The maximum atomic E-state index is 13.7. The number of anilines is 1. The van der Waals surface area contributed by atoms with Gasteiger partial charge in [0.1, 0.15) is 23.3 Å². The number of nitrogens with zero attached hydrogens (tertiary/aromatic N) is 2. The van der Waals surface area contributed by atoms with E-state index >= 15 is 0 Å². The summed E-state index contributed by atoms with van der Waals surface area (Å²) in [5.74, 6) is -1.60. The van der Waals surface area contributed by atoms with Gasteiger partial charge in [0.25, 0.3) is 0 Å². The van der Waals surface area contributed by atoms with Gasteiger partial charge in [0.2, 0.25) is 0 Å². The average molecular weight is 280 g/mol.